The number of nitrogens with one attached hydrogen (secondary N) is 1. The number of ether oxygens (including phenoxy) is 1. The van der Waals surface area contributed by atoms with Crippen LogP contribution in [-0.2, 0) is 4.74 Å². The van der Waals surface area contributed by atoms with Crippen LogP contribution in [0.1, 0.15) is 44.3 Å². The van der Waals surface area contributed by atoms with Crippen LogP contribution >= 0.6 is 11.3 Å². The molecule has 0 aliphatic heterocycles. The third kappa shape index (κ3) is 4.75. The first kappa shape index (κ1) is 16.4. The quantitative estimate of drug-likeness (QED) is 0.708. The van der Waals surface area contributed by atoms with E-state index in [0.29, 0.717) is 6.04 Å². The van der Waals surface area contributed by atoms with E-state index in [4.69, 9.17) is 9.72 Å². The van der Waals surface area contributed by atoms with Gasteiger partial charge in [0.15, 0.2) is 5.13 Å². The second-order valence-corrected chi connectivity index (χ2v) is 5.51. The van der Waals surface area contributed by atoms with E-state index in [1.807, 2.05) is 6.92 Å². The van der Waals surface area contributed by atoms with Crippen LogP contribution in [0.5, 0.6) is 0 Å². The summed E-state index contributed by atoms with van der Waals surface area (Å²) >= 11 is 1.80. The van der Waals surface area contributed by atoms with Crippen LogP contribution in [0.15, 0.2) is 0 Å². The molecular weight excluding hydrogens is 258 g/mol. The lowest BCUT2D eigenvalue weighted by atomic mass is 10.2. The maximum atomic E-state index is 5.43. The molecule has 4 nitrogen and oxygen atoms in total. The van der Waals surface area contributed by atoms with E-state index in [9.17, 15) is 0 Å². The van der Waals surface area contributed by atoms with Gasteiger partial charge in [-0.2, -0.15) is 0 Å². The third-order valence-corrected chi connectivity index (χ3v) is 4.49. The van der Waals surface area contributed by atoms with Gasteiger partial charge in [0.1, 0.15) is 0 Å². The maximum absolute atomic E-state index is 5.43. The Kier molecular flexibility index (Phi) is 7.34. The molecule has 1 heterocycles. The molecule has 0 amide bonds. The van der Waals surface area contributed by atoms with Crippen molar-refractivity contribution in [1.29, 1.82) is 0 Å². The summed E-state index contributed by atoms with van der Waals surface area (Å²) in [6.45, 7) is 15.0. The molecule has 1 unspecified atom stereocenters. The molecule has 1 aromatic rings. The summed E-state index contributed by atoms with van der Waals surface area (Å²) in [5, 5.41) is 4.56. The second kappa shape index (κ2) is 8.51. The minimum atomic E-state index is 0.377. The summed E-state index contributed by atoms with van der Waals surface area (Å²) < 4.78 is 5.43. The van der Waals surface area contributed by atoms with Gasteiger partial charge in [0, 0.05) is 30.6 Å². The molecule has 5 heteroatoms. The SMILES string of the molecule is CCNC(C)c1sc(N(CC)CCOCC)nc1C. The van der Waals surface area contributed by atoms with Crippen LogP contribution in [0.3, 0.4) is 0 Å². The molecule has 0 saturated heterocycles. The Morgan fingerprint density at radius 2 is 2.11 bits per heavy atom. The molecule has 0 radical (unpaired) electrons. The number of likely N-dealkylation sites (N-methyl/N-ethyl adjacent to an activating group) is 1. The van der Waals surface area contributed by atoms with E-state index in [0.717, 1.165) is 43.7 Å². The summed E-state index contributed by atoms with van der Waals surface area (Å²) in [7, 11) is 0. The first-order chi connectivity index (χ1) is 9.13. The Bertz CT molecular complexity index is 368. The molecule has 1 N–H and O–H groups in total. The maximum Gasteiger partial charge on any atom is 0.185 e. The monoisotopic (exact) mass is 285 g/mol. The van der Waals surface area contributed by atoms with Gasteiger partial charge in [-0.05, 0) is 34.2 Å². The van der Waals surface area contributed by atoms with Gasteiger partial charge in [0.25, 0.3) is 0 Å². The zero-order valence-corrected chi connectivity index (χ0v) is 13.6. The van der Waals surface area contributed by atoms with Crippen molar-refractivity contribution in [3.8, 4) is 0 Å². The molecule has 1 aromatic heterocycles. The third-order valence-electron chi connectivity index (χ3n) is 3.09. The number of nitrogens with zero attached hydrogens (tertiary/aromatic N) is 2. The van der Waals surface area contributed by atoms with Crippen LogP contribution < -0.4 is 10.2 Å². The van der Waals surface area contributed by atoms with E-state index < -0.39 is 0 Å². The molecule has 110 valence electrons. The minimum Gasteiger partial charge on any atom is -0.380 e. The highest BCUT2D eigenvalue weighted by atomic mass is 32.1. The van der Waals surface area contributed by atoms with Crippen LogP contribution in [0.25, 0.3) is 0 Å². The number of hydrogen-bond acceptors (Lipinski definition) is 5. The number of aryl methyl sites for hydroxylation is 1. The highest BCUT2D eigenvalue weighted by molar-refractivity contribution is 7.15. The lowest BCUT2D eigenvalue weighted by Gasteiger charge is -2.19. The standard InChI is InChI=1S/C14H27N3OS/c1-6-15-11(4)13-12(5)16-14(19-13)17(7-2)9-10-18-8-3/h11,15H,6-10H2,1-5H3. The lowest BCUT2D eigenvalue weighted by Crippen LogP contribution is -2.27. The number of aromatic nitrogens is 1. The Balaban J connectivity index is 2.73. The Labute approximate surface area is 121 Å². The van der Waals surface area contributed by atoms with Gasteiger partial charge in [0.2, 0.25) is 0 Å². The predicted octanol–water partition coefficient (Wildman–Crippen LogP) is 2.98. The molecule has 0 aliphatic carbocycles. The largest absolute Gasteiger partial charge is 0.380 e. The molecule has 19 heavy (non-hydrogen) atoms. The van der Waals surface area contributed by atoms with Crippen molar-refractivity contribution < 1.29 is 4.74 Å². The Morgan fingerprint density at radius 1 is 1.37 bits per heavy atom. The molecule has 0 spiro atoms. The smallest absolute Gasteiger partial charge is 0.185 e. The van der Waals surface area contributed by atoms with Crippen LogP contribution in [0, 0.1) is 6.92 Å². The lowest BCUT2D eigenvalue weighted by molar-refractivity contribution is 0.154. The van der Waals surface area contributed by atoms with Crippen molar-refractivity contribution in [2.24, 2.45) is 0 Å². The topological polar surface area (TPSA) is 37.4 Å². The molecular formula is C14H27N3OS. The van der Waals surface area contributed by atoms with Gasteiger partial charge < -0.3 is 15.0 Å². The van der Waals surface area contributed by atoms with E-state index >= 15 is 0 Å². The van der Waals surface area contributed by atoms with E-state index in [1.54, 1.807) is 11.3 Å². The minimum absolute atomic E-state index is 0.377. The average molecular weight is 285 g/mol. The van der Waals surface area contributed by atoms with Gasteiger partial charge in [-0.15, -0.1) is 11.3 Å². The predicted molar refractivity (Wildman–Crippen MR) is 83.3 cm³/mol. The fraction of sp³-hybridized carbons (Fsp3) is 0.786. The first-order valence-electron chi connectivity index (χ1n) is 7.17. The molecule has 0 fully saturated rings. The summed E-state index contributed by atoms with van der Waals surface area (Å²) in [5.74, 6) is 0. The highest BCUT2D eigenvalue weighted by Gasteiger charge is 2.16. The Hall–Kier alpha value is -0.650. The molecule has 1 rings (SSSR count). The van der Waals surface area contributed by atoms with Crippen molar-refractivity contribution in [3.05, 3.63) is 10.6 Å². The number of thiazole rings is 1. The fourth-order valence-corrected chi connectivity index (χ4v) is 3.22. The number of anilines is 1. The first-order valence-corrected chi connectivity index (χ1v) is 7.98. The zero-order chi connectivity index (χ0) is 14.3. The molecule has 0 aromatic carbocycles. The fourth-order valence-electron chi connectivity index (χ4n) is 2.04. The van der Waals surface area contributed by atoms with Gasteiger partial charge in [-0.3, -0.25) is 0 Å². The zero-order valence-electron chi connectivity index (χ0n) is 12.8. The van der Waals surface area contributed by atoms with Gasteiger partial charge >= 0.3 is 0 Å². The number of hydrogen-bond donors (Lipinski definition) is 1. The molecule has 0 bridgehead atoms. The van der Waals surface area contributed by atoms with Gasteiger partial charge in [0.05, 0.1) is 12.3 Å². The highest BCUT2D eigenvalue weighted by Crippen LogP contribution is 2.30. The normalized spacial score (nSPS) is 12.7. The van der Waals surface area contributed by atoms with Crippen molar-refractivity contribution in [2.45, 2.75) is 40.7 Å². The summed E-state index contributed by atoms with van der Waals surface area (Å²) in [6, 6.07) is 0.377. The van der Waals surface area contributed by atoms with Gasteiger partial charge in [-0.1, -0.05) is 6.92 Å². The summed E-state index contributed by atoms with van der Waals surface area (Å²) in [6.07, 6.45) is 0. The van der Waals surface area contributed by atoms with E-state index in [2.05, 4.69) is 37.9 Å². The average Bonchev–Trinajstić information content (AvgIpc) is 2.77. The molecule has 0 aliphatic rings. The second-order valence-electron chi connectivity index (χ2n) is 4.50. The Morgan fingerprint density at radius 3 is 2.68 bits per heavy atom. The van der Waals surface area contributed by atoms with Crippen molar-refractivity contribution in [2.75, 3.05) is 37.7 Å². The van der Waals surface area contributed by atoms with Crippen LogP contribution in [0.4, 0.5) is 5.13 Å². The van der Waals surface area contributed by atoms with Crippen molar-refractivity contribution in [1.82, 2.24) is 10.3 Å². The van der Waals surface area contributed by atoms with Crippen LogP contribution in [0.2, 0.25) is 0 Å². The van der Waals surface area contributed by atoms with Crippen LogP contribution in [-0.4, -0.2) is 37.8 Å². The molecule has 0 saturated carbocycles. The van der Waals surface area contributed by atoms with Crippen molar-refractivity contribution >= 4 is 16.5 Å². The van der Waals surface area contributed by atoms with Crippen molar-refractivity contribution in [3.63, 3.8) is 0 Å². The van der Waals surface area contributed by atoms with E-state index in [-0.39, 0.29) is 0 Å². The number of rotatable bonds is 9. The van der Waals surface area contributed by atoms with Gasteiger partial charge in [-0.25, -0.2) is 4.98 Å². The molecule has 1 atom stereocenters. The summed E-state index contributed by atoms with van der Waals surface area (Å²) in [5.41, 5.74) is 1.14. The summed E-state index contributed by atoms with van der Waals surface area (Å²) in [4.78, 5) is 8.34. The van der Waals surface area contributed by atoms with E-state index in [1.165, 1.54) is 4.88 Å².